The molecule has 0 radical (unpaired) electrons. The Kier molecular flexibility index (Phi) is 5.03. The van der Waals surface area contributed by atoms with Crippen LogP contribution in [0.3, 0.4) is 0 Å². The van der Waals surface area contributed by atoms with E-state index in [1.54, 1.807) is 10.9 Å². The van der Waals surface area contributed by atoms with Crippen LogP contribution in [0, 0.1) is 0 Å². The molecule has 3 rings (SSSR count). The molecular formula is C18H15F2N3O2. The van der Waals surface area contributed by atoms with E-state index < -0.39 is 12.5 Å². The fraction of sp³-hybridized carbons (Fsp3) is 0.111. The van der Waals surface area contributed by atoms with Gasteiger partial charge < -0.3 is 10.1 Å². The van der Waals surface area contributed by atoms with Crippen molar-refractivity contribution < 1.29 is 18.3 Å². The second-order valence-electron chi connectivity index (χ2n) is 5.27. The summed E-state index contributed by atoms with van der Waals surface area (Å²) in [4.78, 5) is 12.2. The minimum Gasteiger partial charge on any atom is -0.435 e. The van der Waals surface area contributed by atoms with Crippen molar-refractivity contribution in [1.82, 2.24) is 9.78 Å². The molecule has 1 N–H and O–H groups in total. The Labute approximate surface area is 142 Å². The van der Waals surface area contributed by atoms with E-state index in [2.05, 4.69) is 15.2 Å². The van der Waals surface area contributed by atoms with Gasteiger partial charge in [-0.25, -0.2) is 0 Å². The van der Waals surface area contributed by atoms with Gasteiger partial charge in [0, 0.05) is 11.8 Å². The molecule has 0 aliphatic rings. The van der Waals surface area contributed by atoms with Gasteiger partial charge in [0.15, 0.2) is 0 Å². The van der Waals surface area contributed by atoms with Gasteiger partial charge in [-0.1, -0.05) is 36.4 Å². The summed E-state index contributed by atoms with van der Waals surface area (Å²) in [6.07, 6.45) is 3.23. The predicted molar refractivity (Wildman–Crippen MR) is 88.8 cm³/mol. The zero-order valence-electron chi connectivity index (χ0n) is 13.1. The van der Waals surface area contributed by atoms with Crippen molar-refractivity contribution in [3.05, 3.63) is 78.1 Å². The number of amides is 1. The Bertz CT molecular complexity index is 850. The molecule has 0 bridgehead atoms. The molecule has 1 aromatic heterocycles. The van der Waals surface area contributed by atoms with Crippen LogP contribution < -0.4 is 10.1 Å². The molecule has 2 aromatic carbocycles. The molecule has 0 spiro atoms. The molecule has 128 valence electrons. The van der Waals surface area contributed by atoms with Crippen LogP contribution in [0.25, 0.3) is 0 Å². The summed E-state index contributed by atoms with van der Waals surface area (Å²) in [5, 5.41) is 6.87. The summed E-state index contributed by atoms with van der Waals surface area (Å²) in [7, 11) is 0. The second kappa shape index (κ2) is 7.57. The number of nitrogens with zero attached hydrogens (tertiary/aromatic N) is 2. The molecule has 3 aromatic rings. The number of hydrogen-bond acceptors (Lipinski definition) is 3. The number of alkyl halides is 2. The number of hydrogen-bond donors (Lipinski definition) is 1. The van der Waals surface area contributed by atoms with Crippen LogP contribution in [0.1, 0.15) is 15.9 Å². The minimum atomic E-state index is -2.94. The third kappa shape index (κ3) is 4.63. The summed E-state index contributed by atoms with van der Waals surface area (Å²) in [6.45, 7) is -2.36. The Morgan fingerprint density at radius 2 is 1.96 bits per heavy atom. The van der Waals surface area contributed by atoms with Gasteiger partial charge in [-0.3, -0.25) is 9.48 Å². The van der Waals surface area contributed by atoms with Crippen LogP contribution in [-0.4, -0.2) is 22.3 Å². The normalized spacial score (nSPS) is 10.7. The fourth-order valence-electron chi connectivity index (χ4n) is 2.30. The number of carbonyl (C=O) groups excluding carboxylic acids is 1. The average molecular weight is 343 g/mol. The molecular weight excluding hydrogens is 328 g/mol. The molecule has 7 heteroatoms. The Morgan fingerprint density at radius 1 is 1.16 bits per heavy atom. The molecule has 0 fully saturated rings. The Morgan fingerprint density at radius 3 is 2.72 bits per heavy atom. The monoisotopic (exact) mass is 343 g/mol. The lowest BCUT2D eigenvalue weighted by molar-refractivity contribution is -0.0498. The Balaban J connectivity index is 1.65. The van der Waals surface area contributed by atoms with Crippen molar-refractivity contribution in [2.45, 2.75) is 13.2 Å². The van der Waals surface area contributed by atoms with Crippen LogP contribution in [0.4, 0.5) is 14.5 Å². The van der Waals surface area contributed by atoms with E-state index in [1.807, 2.05) is 30.3 Å². The van der Waals surface area contributed by atoms with Crippen molar-refractivity contribution >= 4 is 11.6 Å². The molecule has 0 aliphatic heterocycles. The first-order valence-electron chi connectivity index (χ1n) is 7.53. The number of benzene rings is 2. The number of aromatic nitrogens is 2. The maximum Gasteiger partial charge on any atom is 0.387 e. The van der Waals surface area contributed by atoms with Gasteiger partial charge >= 0.3 is 6.61 Å². The van der Waals surface area contributed by atoms with Crippen LogP contribution in [0.2, 0.25) is 0 Å². The first kappa shape index (κ1) is 16.6. The van der Waals surface area contributed by atoms with Crippen molar-refractivity contribution in [2.24, 2.45) is 0 Å². The quantitative estimate of drug-likeness (QED) is 0.741. The highest BCUT2D eigenvalue weighted by atomic mass is 19.3. The van der Waals surface area contributed by atoms with E-state index >= 15 is 0 Å². The van der Waals surface area contributed by atoms with E-state index in [-0.39, 0.29) is 11.3 Å². The number of ether oxygens (including phenoxy) is 1. The maximum absolute atomic E-state index is 12.2. The van der Waals surface area contributed by atoms with Crippen molar-refractivity contribution in [2.75, 3.05) is 5.32 Å². The fourth-order valence-corrected chi connectivity index (χ4v) is 2.30. The van der Waals surface area contributed by atoms with Crippen molar-refractivity contribution in [3.8, 4) is 5.75 Å². The van der Waals surface area contributed by atoms with E-state index in [9.17, 15) is 13.6 Å². The van der Waals surface area contributed by atoms with E-state index in [1.165, 1.54) is 30.5 Å². The van der Waals surface area contributed by atoms with Crippen LogP contribution >= 0.6 is 0 Å². The zero-order valence-corrected chi connectivity index (χ0v) is 13.1. The molecule has 5 nitrogen and oxygen atoms in total. The van der Waals surface area contributed by atoms with E-state index in [0.29, 0.717) is 12.2 Å². The van der Waals surface area contributed by atoms with Gasteiger partial charge in [0.1, 0.15) is 5.75 Å². The van der Waals surface area contributed by atoms with Crippen molar-refractivity contribution in [1.29, 1.82) is 0 Å². The smallest absolute Gasteiger partial charge is 0.387 e. The lowest BCUT2D eigenvalue weighted by Gasteiger charge is -2.07. The molecule has 25 heavy (non-hydrogen) atoms. The lowest BCUT2D eigenvalue weighted by Crippen LogP contribution is -2.12. The summed E-state index contributed by atoms with van der Waals surface area (Å²) >= 11 is 0. The van der Waals surface area contributed by atoms with Gasteiger partial charge in [-0.15, -0.1) is 0 Å². The third-order valence-corrected chi connectivity index (χ3v) is 3.40. The standard InChI is InChI=1S/C18H15F2N3O2/c19-18(20)25-16-8-4-7-14(9-16)17(24)22-15-10-21-23(12-15)11-13-5-2-1-3-6-13/h1-10,12,18H,11H2,(H,22,24). The number of anilines is 1. The molecule has 0 unspecified atom stereocenters. The SMILES string of the molecule is O=C(Nc1cnn(Cc2ccccc2)c1)c1cccc(OC(F)F)c1. The highest BCUT2D eigenvalue weighted by Gasteiger charge is 2.11. The topological polar surface area (TPSA) is 56.2 Å². The molecule has 0 saturated carbocycles. The van der Waals surface area contributed by atoms with Gasteiger partial charge in [0.2, 0.25) is 0 Å². The van der Waals surface area contributed by atoms with E-state index in [4.69, 9.17) is 0 Å². The molecule has 0 atom stereocenters. The summed E-state index contributed by atoms with van der Waals surface area (Å²) in [6, 6.07) is 15.4. The first-order valence-corrected chi connectivity index (χ1v) is 7.53. The lowest BCUT2D eigenvalue weighted by atomic mass is 10.2. The highest BCUT2D eigenvalue weighted by Crippen LogP contribution is 2.17. The Hall–Kier alpha value is -3.22. The number of rotatable bonds is 6. The van der Waals surface area contributed by atoms with Gasteiger partial charge in [0.05, 0.1) is 18.4 Å². The third-order valence-electron chi connectivity index (χ3n) is 3.40. The van der Waals surface area contributed by atoms with Gasteiger partial charge in [-0.05, 0) is 23.8 Å². The summed E-state index contributed by atoms with van der Waals surface area (Å²) < 4.78 is 30.5. The summed E-state index contributed by atoms with van der Waals surface area (Å²) in [5.41, 5.74) is 1.82. The van der Waals surface area contributed by atoms with Crippen LogP contribution in [0.5, 0.6) is 5.75 Å². The minimum absolute atomic E-state index is 0.0672. The predicted octanol–water partition coefficient (Wildman–Crippen LogP) is 3.79. The van der Waals surface area contributed by atoms with Crippen LogP contribution in [0.15, 0.2) is 67.0 Å². The molecule has 0 aliphatic carbocycles. The highest BCUT2D eigenvalue weighted by molar-refractivity contribution is 6.04. The number of nitrogens with one attached hydrogen (secondary N) is 1. The number of carbonyl (C=O) groups is 1. The first-order chi connectivity index (χ1) is 12.1. The average Bonchev–Trinajstić information content (AvgIpc) is 3.02. The largest absolute Gasteiger partial charge is 0.435 e. The summed E-state index contributed by atoms with van der Waals surface area (Å²) in [5.74, 6) is -0.499. The molecule has 1 amide bonds. The number of halogens is 2. The maximum atomic E-state index is 12.2. The molecule has 1 heterocycles. The zero-order chi connectivity index (χ0) is 17.6. The second-order valence-corrected chi connectivity index (χ2v) is 5.27. The van der Waals surface area contributed by atoms with Crippen LogP contribution in [-0.2, 0) is 6.54 Å². The van der Waals surface area contributed by atoms with Crippen molar-refractivity contribution in [3.63, 3.8) is 0 Å². The van der Waals surface area contributed by atoms with Gasteiger partial charge in [0.25, 0.3) is 5.91 Å². The molecule has 0 saturated heterocycles. The van der Waals surface area contributed by atoms with E-state index in [0.717, 1.165) is 5.56 Å². The van der Waals surface area contributed by atoms with Gasteiger partial charge in [-0.2, -0.15) is 13.9 Å².